The minimum absolute atomic E-state index is 0.139. The van der Waals surface area contributed by atoms with E-state index >= 15 is 0 Å². The van der Waals surface area contributed by atoms with Crippen molar-refractivity contribution in [3.63, 3.8) is 0 Å². The van der Waals surface area contributed by atoms with Gasteiger partial charge in [0.1, 0.15) is 19.5 Å². The molecule has 0 saturated heterocycles. The van der Waals surface area contributed by atoms with Crippen molar-refractivity contribution in [2.24, 2.45) is 7.05 Å². The molecule has 0 unspecified atom stereocenters. The fraction of sp³-hybridized carbons (Fsp3) is 0.423. The molecule has 0 bridgehead atoms. The Morgan fingerprint density at radius 3 is 2.30 bits per heavy atom. The summed E-state index contributed by atoms with van der Waals surface area (Å²) in [5, 5.41) is 3.96. The number of benzene rings is 1. The van der Waals surface area contributed by atoms with E-state index in [0.29, 0.717) is 39.5 Å². The zero-order valence-electron chi connectivity index (χ0n) is 20.9. The molecule has 3 aromatic rings. The van der Waals surface area contributed by atoms with Gasteiger partial charge < -0.3 is 10.1 Å². The zero-order valence-corrected chi connectivity index (χ0v) is 21.9. The number of nitrogens with zero attached hydrogens (tertiary/aromatic N) is 3. The first-order valence-electron chi connectivity index (χ1n) is 11.4. The first kappa shape index (κ1) is 24.5. The van der Waals surface area contributed by atoms with Gasteiger partial charge in [-0.25, -0.2) is 4.98 Å². The third-order valence-corrected chi connectivity index (χ3v) is 12.9. The van der Waals surface area contributed by atoms with E-state index in [4.69, 9.17) is 4.74 Å². The normalized spacial score (nSPS) is 11.7. The summed E-state index contributed by atoms with van der Waals surface area (Å²) in [5.41, 5.74) is 7.09. The number of anilines is 2. The summed E-state index contributed by atoms with van der Waals surface area (Å²) in [5.74, 6) is 4.48. The van der Waals surface area contributed by atoms with E-state index in [0.717, 1.165) is 11.1 Å². The van der Waals surface area contributed by atoms with Crippen molar-refractivity contribution in [2.45, 2.75) is 58.2 Å². The number of rotatable bonds is 6. The van der Waals surface area contributed by atoms with E-state index in [2.05, 4.69) is 68.3 Å². The Balaban J connectivity index is 2.14. The maximum Gasteiger partial charge on any atom is 0.253 e. The highest BCUT2D eigenvalue weighted by atomic mass is 28.3. The first-order chi connectivity index (χ1) is 15.6. The van der Waals surface area contributed by atoms with Crippen molar-refractivity contribution in [3.05, 3.63) is 52.4 Å². The van der Waals surface area contributed by atoms with Gasteiger partial charge in [-0.1, -0.05) is 59.6 Å². The fourth-order valence-electron chi connectivity index (χ4n) is 4.86. The van der Waals surface area contributed by atoms with Crippen LogP contribution in [0.1, 0.15) is 47.1 Å². The molecule has 7 heteroatoms. The molecule has 1 N–H and O–H groups in total. The summed E-state index contributed by atoms with van der Waals surface area (Å²) in [6.07, 6.45) is 1.74. The van der Waals surface area contributed by atoms with E-state index in [1.165, 1.54) is 4.57 Å². The van der Waals surface area contributed by atoms with E-state index in [1.807, 2.05) is 24.3 Å². The molecule has 174 valence electrons. The topological polar surface area (TPSA) is 69.0 Å². The van der Waals surface area contributed by atoms with Gasteiger partial charge in [0.2, 0.25) is 5.95 Å². The van der Waals surface area contributed by atoms with E-state index < -0.39 is 8.07 Å². The zero-order chi connectivity index (χ0) is 24.3. The van der Waals surface area contributed by atoms with Crippen molar-refractivity contribution in [2.75, 3.05) is 12.4 Å². The molecule has 33 heavy (non-hydrogen) atoms. The average Bonchev–Trinajstić information content (AvgIpc) is 2.77. The average molecular weight is 463 g/mol. The summed E-state index contributed by atoms with van der Waals surface area (Å²) in [4.78, 5) is 21.9. The van der Waals surface area contributed by atoms with Gasteiger partial charge in [0.15, 0.2) is 0 Å². The van der Waals surface area contributed by atoms with Crippen LogP contribution in [0.5, 0.6) is 5.75 Å². The maximum atomic E-state index is 12.8. The lowest BCUT2D eigenvalue weighted by atomic mass is 10.2. The highest BCUT2D eigenvalue weighted by Gasteiger charge is 2.41. The molecular weight excluding hydrogens is 428 g/mol. The first-order valence-corrected chi connectivity index (χ1v) is 13.6. The van der Waals surface area contributed by atoms with Gasteiger partial charge in [-0.2, -0.15) is 4.98 Å². The molecule has 0 radical (unpaired) electrons. The molecular formula is C26H34N4O2Si. The second kappa shape index (κ2) is 9.80. The number of para-hydroxylation sites is 2. The number of aromatic nitrogens is 3. The van der Waals surface area contributed by atoms with Gasteiger partial charge in [0.05, 0.1) is 18.2 Å². The number of pyridine rings is 1. The van der Waals surface area contributed by atoms with Crippen molar-refractivity contribution in [1.29, 1.82) is 0 Å². The largest absolute Gasteiger partial charge is 0.495 e. The number of aryl methyl sites for hydroxylation is 1. The predicted octanol–water partition coefficient (Wildman–Crippen LogP) is 5.65. The Kier molecular flexibility index (Phi) is 7.28. The van der Waals surface area contributed by atoms with Crippen LogP contribution in [0.2, 0.25) is 16.6 Å². The lowest BCUT2D eigenvalue weighted by Crippen LogP contribution is -2.43. The third-order valence-electron chi connectivity index (χ3n) is 6.61. The van der Waals surface area contributed by atoms with Crippen LogP contribution in [0, 0.1) is 11.5 Å². The summed E-state index contributed by atoms with van der Waals surface area (Å²) in [6.45, 7) is 13.7. The van der Waals surface area contributed by atoms with Crippen molar-refractivity contribution in [3.8, 4) is 17.2 Å². The Morgan fingerprint density at radius 1 is 1.06 bits per heavy atom. The Labute approximate surface area is 197 Å². The van der Waals surface area contributed by atoms with Crippen LogP contribution in [-0.2, 0) is 7.05 Å². The summed E-state index contributed by atoms with van der Waals surface area (Å²) in [7, 11) is 1.40. The van der Waals surface area contributed by atoms with E-state index in [1.54, 1.807) is 26.4 Å². The number of ether oxygens (including phenoxy) is 1. The van der Waals surface area contributed by atoms with Crippen molar-refractivity contribution < 1.29 is 4.74 Å². The monoisotopic (exact) mass is 462 g/mol. The molecule has 0 atom stereocenters. The second-order valence-electron chi connectivity index (χ2n) is 9.36. The van der Waals surface area contributed by atoms with E-state index in [-0.39, 0.29) is 5.56 Å². The predicted molar refractivity (Wildman–Crippen MR) is 139 cm³/mol. The molecule has 0 saturated carbocycles. The van der Waals surface area contributed by atoms with E-state index in [9.17, 15) is 4.79 Å². The number of hydrogen-bond donors (Lipinski definition) is 1. The third kappa shape index (κ3) is 4.67. The SMILES string of the molecule is COc1ccccc1Nc1ncc2c(C#C[Si](C(C)C)(C(C)C)C(C)C)cc(=O)n(C)c2n1. The summed E-state index contributed by atoms with van der Waals surface area (Å²) in [6, 6.07) is 9.16. The van der Waals surface area contributed by atoms with Gasteiger partial charge in [-0.05, 0) is 28.8 Å². The molecule has 0 amide bonds. The molecule has 0 spiro atoms. The highest BCUT2D eigenvalue weighted by Crippen LogP contribution is 2.40. The van der Waals surface area contributed by atoms with Crippen molar-refractivity contribution >= 4 is 30.7 Å². The molecule has 6 nitrogen and oxygen atoms in total. The van der Waals surface area contributed by atoms with Crippen LogP contribution in [0.25, 0.3) is 11.0 Å². The molecule has 3 rings (SSSR count). The lowest BCUT2D eigenvalue weighted by molar-refractivity contribution is 0.417. The fourth-order valence-corrected chi connectivity index (χ4v) is 10.1. The Hall–Kier alpha value is -3.11. The number of methoxy groups -OCH3 is 1. The van der Waals surface area contributed by atoms with Crippen LogP contribution in [0.15, 0.2) is 41.3 Å². The van der Waals surface area contributed by atoms with Crippen LogP contribution in [0.4, 0.5) is 11.6 Å². The smallest absolute Gasteiger partial charge is 0.253 e. The molecule has 0 aliphatic heterocycles. The number of hydrogen-bond acceptors (Lipinski definition) is 5. The van der Waals surface area contributed by atoms with Gasteiger partial charge in [-0.3, -0.25) is 9.36 Å². The second-order valence-corrected chi connectivity index (χ2v) is 14.9. The molecule has 2 heterocycles. The molecule has 1 aromatic carbocycles. The van der Waals surface area contributed by atoms with Gasteiger partial charge >= 0.3 is 0 Å². The maximum absolute atomic E-state index is 12.8. The van der Waals surface area contributed by atoms with Gasteiger partial charge in [0, 0.05) is 24.9 Å². The van der Waals surface area contributed by atoms with Crippen LogP contribution in [-0.4, -0.2) is 29.7 Å². The number of nitrogens with one attached hydrogen (secondary N) is 1. The minimum Gasteiger partial charge on any atom is -0.495 e. The van der Waals surface area contributed by atoms with Gasteiger partial charge in [0.25, 0.3) is 5.56 Å². The molecule has 2 aromatic heterocycles. The van der Waals surface area contributed by atoms with Crippen LogP contribution < -0.4 is 15.6 Å². The van der Waals surface area contributed by atoms with Crippen LogP contribution >= 0.6 is 0 Å². The lowest BCUT2D eigenvalue weighted by Gasteiger charge is -2.38. The standard InChI is InChI=1S/C26H34N4O2Si/c1-17(2)33(18(3)4,19(5)6)14-13-20-15-24(31)30(7)25-21(20)16-27-26(29-25)28-22-11-9-10-12-23(22)32-8/h9-12,15-19H,1-8H3,(H,27,28,29). The quantitative estimate of drug-likeness (QED) is 0.379. The molecule has 0 aliphatic carbocycles. The van der Waals surface area contributed by atoms with Crippen LogP contribution in [0.3, 0.4) is 0 Å². The van der Waals surface area contributed by atoms with Crippen molar-refractivity contribution in [1.82, 2.24) is 14.5 Å². The summed E-state index contributed by atoms with van der Waals surface area (Å²) < 4.78 is 6.94. The molecule has 0 aliphatic rings. The Bertz CT molecular complexity index is 1250. The van der Waals surface area contributed by atoms with Gasteiger partial charge in [-0.15, -0.1) is 5.54 Å². The minimum atomic E-state index is -1.94. The highest BCUT2D eigenvalue weighted by molar-refractivity contribution is 6.90. The Morgan fingerprint density at radius 2 is 1.70 bits per heavy atom. The number of fused-ring (bicyclic) bond motifs is 1. The summed E-state index contributed by atoms with van der Waals surface area (Å²) >= 11 is 0. The molecule has 0 fully saturated rings.